The van der Waals surface area contributed by atoms with E-state index < -0.39 is 0 Å². The Bertz CT molecular complexity index is 830. The Balaban J connectivity index is 1.91. The van der Waals surface area contributed by atoms with Gasteiger partial charge in [-0.15, -0.1) is 11.3 Å². The smallest absolute Gasteiger partial charge is 0.180 e. The van der Waals surface area contributed by atoms with Crippen LogP contribution in [0.2, 0.25) is 0 Å². The molecule has 2 aromatic carbocycles. The number of aromatic nitrogens is 1. The van der Waals surface area contributed by atoms with Crippen LogP contribution in [0.3, 0.4) is 0 Å². The number of benzene rings is 2. The zero-order chi connectivity index (χ0) is 15.4. The number of anilines is 1. The van der Waals surface area contributed by atoms with Crippen molar-refractivity contribution in [3.05, 3.63) is 70.7 Å². The van der Waals surface area contributed by atoms with Gasteiger partial charge in [0, 0.05) is 5.38 Å². The average molecular weight is 305 g/mol. The Morgan fingerprint density at radius 2 is 1.73 bits per heavy atom. The van der Waals surface area contributed by atoms with E-state index in [-0.39, 0.29) is 0 Å². The summed E-state index contributed by atoms with van der Waals surface area (Å²) >= 11 is 1.47. The number of hydrogen-bond acceptors (Lipinski definition) is 4. The first kappa shape index (κ1) is 14.3. The molecule has 3 aromatic rings. The van der Waals surface area contributed by atoms with Crippen LogP contribution >= 0.6 is 11.3 Å². The van der Waals surface area contributed by atoms with Gasteiger partial charge in [0.1, 0.15) is 0 Å². The highest BCUT2D eigenvalue weighted by Crippen LogP contribution is 2.27. The highest BCUT2D eigenvalue weighted by Gasteiger charge is 2.09. The zero-order valence-electron chi connectivity index (χ0n) is 12.0. The number of nitriles is 1. The number of thiazole rings is 1. The molecule has 0 amide bonds. The van der Waals surface area contributed by atoms with Gasteiger partial charge in [0.2, 0.25) is 0 Å². The first-order chi connectivity index (χ1) is 10.8. The predicted molar refractivity (Wildman–Crippen MR) is 90.5 cm³/mol. The lowest BCUT2D eigenvalue weighted by Gasteiger charge is -2.10. The van der Waals surface area contributed by atoms with E-state index in [4.69, 9.17) is 5.73 Å². The fourth-order valence-corrected chi connectivity index (χ4v) is 3.11. The number of hydrogen-bond donors (Lipinski definition) is 1. The molecule has 0 radical (unpaired) electrons. The van der Waals surface area contributed by atoms with Crippen LogP contribution in [-0.4, -0.2) is 4.98 Å². The highest BCUT2D eigenvalue weighted by atomic mass is 32.1. The maximum absolute atomic E-state index is 9.31. The molecule has 3 rings (SSSR count). The zero-order valence-corrected chi connectivity index (χ0v) is 12.8. The van der Waals surface area contributed by atoms with Crippen molar-refractivity contribution >= 4 is 16.5 Å². The van der Waals surface area contributed by atoms with Crippen LogP contribution in [0.1, 0.15) is 16.8 Å². The van der Waals surface area contributed by atoms with Crippen molar-refractivity contribution in [2.75, 3.05) is 5.73 Å². The minimum Gasteiger partial charge on any atom is -0.375 e. The first-order valence-electron chi connectivity index (χ1n) is 7.05. The molecule has 1 heterocycles. The first-order valence-corrected chi connectivity index (χ1v) is 7.93. The molecule has 0 fully saturated rings. The molecule has 0 aliphatic carbocycles. The van der Waals surface area contributed by atoms with Gasteiger partial charge in [-0.25, -0.2) is 4.98 Å². The van der Waals surface area contributed by atoms with E-state index in [2.05, 4.69) is 23.2 Å². The summed E-state index contributed by atoms with van der Waals surface area (Å²) in [6.07, 6.45) is 1.72. The molecule has 108 valence electrons. The monoisotopic (exact) mass is 305 g/mol. The van der Waals surface area contributed by atoms with Gasteiger partial charge in [-0.1, -0.05) is 42.5 Å². The summed E-state index contributed by atoms with van der Waals surface area (Å²) in [4.78, 5) is 4.31. The van der Waals surface area contributed by atoms with Crippen molar-refractivity contribution in [3.8, 4) is 17.2 Å². The molecule has 0 spiro atoms. The number of nitrogens with two attached hydrogens (primary N) is 1. The second-order valence-electron chi connectivity index (χ2n) is 4.99. The lowest BCUT2D eigenvalue weighted by atomic mass is 9.93. The summed E-state index contributed by atoms with van der Waals surface area (Å²) in [5.41, 5.74) is 10.7. The second kappa shape index (κ2) is 6.42. The van der Waals surface area contributed by atoms with Gasteiger partial charge in [-0.3, -0.25) is 0 Å². The molecule has 4 heteroatoms. The van der Waals surface area contributed by atoms with Gasteiger partial charge in [0.15, 0.2) is 5.13 Å². The lowest BCUT2D eigenvalue weighted by Crippen LogP contribution is -1.96. The summed E-state index contributed by atoms with van der Waals surface area (Å²) in [5.74, 6) is 0. The van der Waals surface area contributed by atoms with E-state index in [1.807, 2.05) is 41.8 Å². The normalized spacial score (nSPS) is 10.3. The standard InChI is InChI=1S/C18H15N3S/c19-11-14-6-2-4-8-17(14)16-7-3-1-5-13(16)9-10-15-12-22-18(20)21-15/h1-8,12H,9-10H2,(H2,20,21). The molecule has 0 aliphatic rings. The summed E-state index contributed by atoms with van der Waals surface area (Å²) in [6.45, 7) is 0. The van der Waals surface area contributed by atoms with Crippen LogP contribution in [0, 0.1) is 11.3 Å². The average Bonchev–Trinajstić information content (AvgIpc) is 2.98. The molecular formula is C18H15N3S. The molecule has 0 aliphatic heterocycles. The van der Waals surface area contributed by atoms with E-state index in [0.717, 1.165) is 29.7 Å². The van der Waals surface area contributed by atoms with Crippen LogP contribution in [0.15, 0.2) is 53.9 Å². The summed E-state index contributed by atoms with van der Waals surface area (Å²) in [6, 6.07) is 18.2. The molecule has 0 atom stereocenters. The van der Waals surface area contributed by atoms with Crippen molar-refractivity contribution in [3.63, 3.8) is 0 Å². The summed E-state index contributed by atoms with van der Waals surface area (Å²) < 4.78 is 0. The van der Waals surface area contributed by atoms with Gasteiger partial charge < -0.3 is 5.73 Å². The number of nitrogens with zero attached hydrogens (tertiary/aromatic N) is 2. The maximum Gasteiger partial charge on any atom is 0.180 e. The third kappa shape index (κ3) is 3.00. The van der Waals surface area contributed by atoms with Crippen molar-refractivity contribution < 1.29 is 0 Å². The van der Waals surface area contributed by atoms with E-state index >= 15 is 0 Å². The summed E-state index contributed by atoms with van der Waals surface area (Å²) in [5, 5.41) is 11.9. The minimum absolute atomic E-state index is 0.609. The maximum atomic E-state index is 9.31. The molecule has 0 unspecified atom stereocenters. The van der Waals surface area contributed by atoms with E-state index in [9.17, 15) is 5.26 Å². The molecular weight excluding hydrogens is 290 g/mol. The fraction of sp³-hybridized carbons (Fsp3) is 0.111. The van der Waals surface area contributed by atoms with Crippen molar-refractivity contribution in [1.82, 2.24) is 4.98 Å². The number of nitrogen functional groups attached to an aromatic ring is 1. The molecule has 0 bridgehead atoms. The third-order valence-electron chi connectivity index (χ3n) is 3.58. The topological polar surface area (TPSA) is 62.7 Å². The number of aryl methyl sites for hydroxylation is 2. The summed E-state index contributed by atoms with van der Waals surface area (Å²) in [7, 11) is 0. The van der Waals surface area contributed by atoms with Gasteiger partial charge in [0.05, 0.1) is 17.3 Å². The van der Waals surface area contributed by atoms with Crippen LogP contribution in [0.4, 0.5) is 5.13 Å². The Hall–Kier alpha value is -2.64. The minimum atomic E-state index is 0.609. The van der Waals surface area contributed by atoms with Crippen molar-refractivity contribution in [2.24, 2.45) is 0 Å². The lowest BCUT2D eigenvalue weighted by molar-refractivity contribution is 0.929. The molecule has 22 heavy (non-hydrogen) atoms. The Labute approximate surface area is 133 Å². The van der Waals surface area contributed by atoms with E-state index in [1.165, 1.54) is 16.9 Å². The van der Waals surface area contributed by atoms with E-state index in [0.29, 0.717) is 10.7 Å². The fourth-order valence-electron chi connectivity index (χ4n) is 2.52. The van der Waals surface area contributed by atoms with Crippen LogP contribution in [-0.2, 0) is 12.8 Å². The van der Waals surface area contributed by atoms with E-state index in [1.54, 1.807) is 0 Å². The van der Waals surface area contributed by atoms with Crippen LogP contribution in [0.5, 0.6) is 0 Å². The van der Waals surface area contributed by atoms with Crippen LogP contribution < -0.4 is 5.73 Å². The molecule has 3 nitrogen and oxygen atoms in total. The van der Waals surface area contributed by atoms with Crippen molar-refractivity contribution in [1.29, 1.82) is 5.26 Å². The molecule has 2 N–H and O–H groups in total. The molecule has 0 saturated carbocycles. The predicted octanol–water partition coefficient (Wildman–Crippen LogP) is 4.05. The Morgan fingerprint density at radius 3 is 2.45 bits per heavy atom. The van der Waals surface area contributed by atoms with Crippen LogP contribution in [0.25, 0.3) is 11.1 Å². The third-order valence-corrected chi connectivity index (χ3v) is 4.30. The molecule has 1 aromatic heterocycles. The second-order valence-corrected chi connectivity index (χ2v) is 5.88. The quantitative estimate of drug-likeness (QED) is 0.791. The Morgan fingerprint density at radius 1 is 1.00 bits per heavy atom. The van der Waals surface area contributed by atoms with Crippen molar-refractivity contribution in [2.45, 2.75) is 12.8 Å². The Kier molecular flexibility index (Phi) is 4.17. The highest BCUT2D eigenvalue weighted by molar-refractivity contribution is 7.13. The van der Waals surface area contributed by atoms with Gasteiger partial charge in [-0.2, -0.15) is 5.26 Å². The van der Waals surface area contributed by atoms with Gasteiger partial charge >= 0.3 is 0 Å². The largest absolute Gasteiger partial charge is 0.375 e. The number of rotatable bonds is 4. The van der Waals surface area contributed by atoms with Gasteiger partial charge in [-0.05, 0) is 35.6 Å². The van der Waals surface area contributed by atoms with Gasteiger partial charge in [0.25, 0.3) is 0 Å². The molecule has 0 saturated heterocycles. The SMILES string of the molecule is N#Cc1ccccc1-c1ccccc1CCc1csc(N)n1.